The minimum atomic E-state index is -0.298. The first-order chi connectivity index (χ1) is 6.77. The Bertz CT molecular complexity index is 423. The maximum atomic E-state index is 9.27. The third-order valence-electron chi connectivity index (χ3n) is 1.40. The lowest BCUT2D eigenvalue weighted by atomic mass is 10.3. The van der Waals surface area contributed by atoms with E-state index in [1.165, 1.54) is 6.07 Å². The van der Waals surface area contributed by atoms with Gasteiger partial charge in [-0.05, 0) is 12.1 Å². The summed E-state index contributed by atoms with van der Waals surface area (Å²) in [4.78, 5) is 0. The Morgan fingerprint density at radius 2 is 1.93 bits per heavy atom. The summed E-state index contributed by atoms with van der Waals surface area (Å²) in [6.45, 7) is 0. The molecule has 0 aliphatic rings. The van der Waals surface area contributed by atoms with Gasteiger partial charge in [0.05, 0.1) is 5.69 Å². The highest BCUT2D eigenvalue weighted by atomic mass is 16.3. The van der Waals surface area contributed by atoms with Gasteiger partial charge in [0, 0.05) is 0 Å². The van der Waals surface area contributed by atoms with Crippen LogP contribution < -0.4 is 5.43 Å². The molecule has 0 saturated heterocycles. The van der Waals surface area contributed by atoms with Gasteiger partial charge in [-0.1, -0.05) is 12.1 Å². The Kier molecular flexibility index (Phi) is 3.06. The van der Waals surface area contributed by atoms with Gasteiger partial charge in [0.15, 0.2) is 0 Å². The molecule has 1 aromatic rings. The van der Waals surface area contributed by atoms with Gasteiger partial charge in [0.25, 0.3) is 0 Å². The summed E-state index contributed by atoms with van der Waals surface area (Å²) in [5, 5.41) is 29.5. The highest BCUT2D eigenvalue weighted by Gasteiger charge is 1.98. The Hall–Kier alpha value is -2.53. The topological polar surface area (TPSA) is 92.2 Å². The molecule has 5 nitrogen and oxygen atoms in total. The second kappa shape index (κ2) is 4.48. The summed E-state index contributed by atoms with van der Waals surface area (Å²) in [6, 6.07) is 9.56. The number of phenols is 1. The Labute approximate surface area is 80.5 Å². The number of nitriles is 2. The molecule has 0 saturated carbocycles. The van der Waals surface area contributed by atoms with Crippen molar-refractivity contribution in [2.75, 3.05) is 5.43 Å². The molecule has 0 spiro atoms. The quantitative estimate of drug-likeness (QED) is 0.412. The number of para-hydroxylation sites is 2. The van der Waals surface area contributed by atoms with Crippen LogP contribution in [0.15, 0.2) is 29.4 Å². The van der Waals surface area contributed by atoms with E-state index in [1.54, 1.807) is 30.3 Å². The molecular formula is C9H6N4O. The van der Waals surface area contributed by atoms with E-state index in [9.17, 15) is 5.11 Å². The van der Waals surface area contributed by atoms with Crippen molar-refractivity contribution in [3.05, 3.63) is 24.3 Å². The largest absolute Gasteiger partial charge is 0.506 e. The van der Waals surface area contributed by atoms with E-state index in [0.717, 1.165) is 0 Å². The first kappa shape index (κ1) is 9.56. The number of hydrogen-bond donors (Lipinski definition) is 2. The van der Waals surface area contributed by atoms with Crippen molar-refractivity contribution in [2.45, 2.75) is 0 Å². The van der Waals surface area contributed by atoms with E-state index in [4.69, 9.17) is 10.5 Å². The third kappa shape index (κ3) is 2.23. The van der Waals surface area contributed by atoms with Crippen molar-refractivity contribution >= 4 is 11.4 Å². The molecule has 0 heterocycles. The van der Waals surface area contributed by atoms with E-state index >= 15 is 0 Å². The molecule has 68 valence electrons. The average Bonchev–Trinajstić information content (AvgIpc) is 2.22. The number of phenolic OH excluding ortho intramolecular Hbond substituents is 1. The molecule has 0 aliphatic carbocycles. The second-order valence-corrected chi connectivity index (χ2v) is 2.31. The van der Waals surface area contributed by atoms with E-state index in [2.05, 4.69) is 10.5 Å². The van der Waals surface area contributed by atoms with E-state index < -0.39 is 0 Å². The maximum absolute atomic E-state index is 9.27. The summed E-state index contributed by atoms with van der Waals surface area (Å²) < 4.78 is 0. The van der Waals surface area contributed by atoms with Gasteiger partial charge in [-0.25, -0.2) is 0 Å². The van der Waals surface area contributed by atoms with Crippen LogP contribution in [0, 0.1) is 22.7 Å². The number of hydrazone groups is 1. The van der Waals surface area contributed by atoms with Crippen LogP contribution in [-0.2, 0) is 0 Å². The summed E-state index contributed by atoms with van der Waals surface area (Å²) in [5.74, 6) is 0.00600. The number of nitrogens with zero attached hydrogens (tertiary/aromatic N) is 3. The summed E-state index contributed by atoms with van der Waals surface area (Å²) in [6.07, 6.45) is 0. The van der Waals surface area contributed by atoms with Crippen molar-refractivity contribution in [2.24, 2.45) is 5.10 Å². The standard InChI is InChI=1S/C9H6N4O/c10-5-7(6-11)12-13-8-3-1-2-4-9(8)14/h1-4,13-14H. The molecule has 0 fully saturated rings. The first-order valence-electron chi connectivity index (χ1n) is 3.70. The summed E-state index contributed by atoms with van der Waals surface area (Å²) in [7, 11) is 0. The van der Waals surface area contributed by atoms with Gasteiger partial charge in [0.1, 0.15) is 17.9 Å². The van der Waals surface area contributed by atoms with Gasteiger partial charge < -0.3 is 5.11 Å². The maximum Gasteiger partial charge on any atom is 0.237 e. The Morgan fingerprint density at radius 3 is 2.50 bits per heavy atom. The molecule has 0 amide bonds. The van der Waals surface area contributed by atoms with Gasteiger partial charge >= 0.3 is 0 Å². The number of rotatable bonds is 2. The van der Waals surface area contributed by atoms with Crippen LogP contribution in [0.25, 0.3) is 0 Å². The van der Waals surface area contributed by atoms with Crippen molar-refractivity contribution in [1.82, 2.24) is 0 Å². The minimum absolute atomic E-state index is 0.00600. The monoisotopic (exact) mass is 186 g/mol. The van der Waals surface area contributed by atoms with Crippen molar-refractivity contribution in [1.29, 1.82) is 10.5 Å². The van der Waals surface area contributed by atoms with E-state index in [1.807, 2.05) is 0 Å². The van der Waals surface area contributed by atoms with Crippen LogP contribution in [0.5, 0.6) is 5.75 Å². The molecule has 1 aromatic carbocycles. The number of anilines is 1. The van der Waals surface area contributed by atoms with E-state index in [0.29, 0.717) is 5.69 Å². The Morgan fingerprint density at radius 1 is 1.29 bits per heavy atom. The number of aromatic hydroxyl groups is 1. The first-order valence-corrected chi connectivity index (χ1v) is 3.70. The average molecular weight is 186 g/mol. The fourth-order valence-electron chi connectivity index (χ4n) is 0.759. The lowest BCUT2D eigenvalue weighted by Gasteiger charge is -2.01. The van der Waals surface area contributed by atoms with Crippen LogP contribution >= 0.6 is 0 Å². The predicted molar refractivity (Wildman–Crippen MR) is 50.4 cm³/mol. The third-order valence-corrected chi connectivity index (χ3v) is 1.40. The predicted octanol–water partition coefficient (Wildman–Crippen LogP) is 1.21. The smallest absolute Gasteiger partial charge is 0.237 e. The van der Waals surface area contributed by atoms with Crippen molar-refractivity contribution in [3.63, 3.8) is 0 Å². The molecule has 0 atom stereocenters. The minimum Gasteiger partial charge on any atom is -0.506 e. The number of benzene rings is 1. The highest BCUT2D eigenvalue weighted by molar-refractivity contribution is 6.10. The second-order valence-electron chi connectivity index (χ2n) is 2.31. The van der Waals surface area contributed by atoms with Crippen LogP contribution in [-0.4, -0.2) is 10.8 Å². The van der Waals surface area contributed by atoms with Crippen LogP contribution in [0.3, 0.4) is 0 Å². The molecule has 0 radical (unpaired) electrons. The fourth-order valence-corrected chi connectivity index (χ4v) is 0.759. The summed E-state index contributed by atoms with van der Waals surface area (Å²) >= 11 is 0. The molecule has 0 unspecified atom stereocenters. The SMILES string of the molecule is N#CC(C#N)=NNc1ccccc1O. The van der Waals surface area contributed by atoms with Crippen LogP contribution in [0.2, 0.25) is 0 Å². The molecule has 0 aromatic heterocycles. The zero-order valence-corrected chi connectivity index (χ0v) is 7.10. The van der Waals surface area contributed by atoms with E-state index in [-0.39, 0.29) is 11.5 Å². The highest BCUT2D eigenvalue weighted by Crippen LogP contribution is 2.21. The number of hydrogen-bond acceptors (Lipinski definition) is 5. The lowest BCUT2D eigenvalue weighted by molar-refractivity contribution is 0.477. The molecule has 0 bridgehead atoms. The summed E-state index contributed by atoms with van der Waals surface area (Å²) in [5.41, 5.74) is 2.45. The Balaban J connectivity index is 2.83. The molecular weight excluding hydrogens is 180 g/mol. The van der Waals surface area contributed by atoms with Crippen molar-refractivity contribution in [3.8, 4) is 17.9 Å². The molecule has 5 heteroatoms. The molecule has 1 rings (SSSR count). The van der Waals surface area contributed by atoms with Crippen molar-refractivity contribution < 1.29 is 5.11 Å². The zero-order chi connectivity index (χ0) is 10.4. The van der Waals surface area contributed by atoms with Gasteiger partial charge in [-0.15, -0.1) is 0 Å². The molecule has 2 N–H and O–H groups in total. The van der Waals surface area contributed by atoms with Gasteiger partial charge in [-0.2, -0.15) is 15.6 Å². The zero-order valence-electron chi connectivity index (χ0n) is 7.10. The van der Waals surface area contributed by atoms with Gasteiger partial charge in [0.2, 0.25) is 5.71 Å². The normalized spacial score (nSPS) is 8.14. The number of nitrogens with one attached hydrogen (secondary N) is 1. The lowest BCUT2D eigenvalue weighted by Crippen LogP contribution is -1.96. The van der Waals surface area contributed by atoms with Crippen LogP contribution in [0.4, 0.5) is 5.69 Å². The molecule has 0 aliphatic heterocycles. The fraction of sp³-hybridized carbons (Fsp3) is 0. The van der Waals surface area contributed by atoms with Gasteiger partial charge in [-0.3, -0.25) is 5.43 Å². The molecule has 14 heavy (non-hydrogen) atoms. The van der Waals surface area contributed by atoms with Crippen LogP contribution in [0.1, 0.15) is 0 Å².